The van der Waals surface area contributed by atoms with Crippen LogP contribution in [0, 0.1) is 11.3 Å². The Morgan fingerprint density at radius 1 is 1.25 bits per heavy atom. The second-order valence-corrected chi connectivity index (χ2v) is 8.40. The lowest BCUT2D eigenvalue weighted by molar-refractivity contribution is -0.116. The molecular weight excluding hydrogens is 370 g/mol. The summed E-state index contributed by atoms with van der Waals surface area (Å²) in [7, 11) is 0. The Morgan fingerprint density at radius 3 is 2.79 bits per heavy atom. The summed E-state index contributed by atoms with van der Waals surface area (Å²) < 4.78 is 0. The first-order valence-electron chi connectivity index (χ1n) is 9.69. The van der Waals surface area contributed by atoms with Crippen molar-refractivity contribution in [2.75, 3.05) is 25.0 Å². The fourth-order valence-corrected chi connectivity index (χ4v) is 5.17. The molecule has 2 N–H and O–H groups in total. The molecule has 4 rings (SSSR count). The predicted molar refractivity (Wildman–Crippen MR) is 111 cm³/mol. The highest BCUT2D eigenvalue weighted by molar-refractivity contribution is 7.16. The van der Waals surface area contributed by atoms with Crippen LogP contribution in [0.2, 0.25) is 0 Å². The van der Waals surface area contributed by atoms with Crippen LogP contribution >= 0.6 is 11.3 Å². The molecule has 0 fully saturated rings. The Hall–Kier alpha value is -2.62. The van der Waals surface area contributed by atoms with Gasteiger partial charge >= 0.3 is 0 Å². The van der Waals surface area contributed by atoms with Crippen LogP contribution in [-0.2, 0) is 17.6 Å². The number of carbonyl (C=O) groups is 1. The summed E-state index contributed by atoms with van der Waals surface area (Å²) in [6.45, 7) is 2.44. The molecule has 0 atom stereocenters. The summed E-state index contributed by atoms with van der Waals surface area (Å²) in [5, 5.41) is 22.5. The third kappa shape index (κ3) is 3.96. The van der Waals surface area contributed by atoms with Crippen molar-refractivity contribution >= 4 is 27.8 Å². The lowest BCUT2D eigenvalue weighted by Crippen LogP contribution is -2.31. The molecule has 6 heteroatoms. The van der Waals surface area contributed by atoms with E-state index in [9.17, 15) is 15.2 Å². The number of phenolic OH excluding ortho intramolecular Hbond substituents is 1. The van der Waals surface area contributed by atoms with Gasteiger partial charge < -0.3 is 10.4 Å². The second-order valence-electron chi connectivity index (χ2n) is 7.30. The molecule has 1 aromatic carbocycles. The summed E-state index contributed by atoms with van der Waals surface area (Å²) in [6.07, 6.45) is 6.64. The van der Waals surface area contributed by atoms with Gasteiger partial charge in [0.05, 0.1) is 5.56 Å². The lowest BCUT2D eigenvalue weighted by Gasteiger charge is -2.26. The number of anilines is 1. The Bertz CT molecular complexity index is 953. The number of phenols is 1. The van der Waals surface area contributed by atoms with Crippen LogP contribution in [0.25, 0.3) is 5.57 Å². The number of rotatable bonds is 5. The molecule has 0 unspecified atom stereocenters. The van der Waals surface area contributed by atoms with Crippen LogP contribution in [0.4, 0.5) is 5.00 Å². The van der Waals surface area contributed by atoms with Crippen LogP contribution in [0.1, 0.15) is 40.8 Å². The predicted octanol–water partition coefficient (Wildman–Crippen LogP) is 3.93. The van der Waals surface area contributed by atoms with Crippen molar-refractivity contribution in [1.29, 1.82) is 5.26 Å². The van der Waals surface area contributed by atoms with Gasteiger partial charge in [0, 0.05) is 30.9 Å². The smallest absolute Gasteiger partial charge is 0.226 e. The number of aryl methyl sites for hydroxylation is 1. The molecule has 0 bridgehead atoms. The maximum absolute atomic E-state index is 12.4. The van der Waals surface area contributed by atoms with Gasteiger partial charge in [-0.25, -0.2) is 0 Å². The minimum atomic E-state index is -0.0234. The molecule has 0 saturated carbocycles. The highest BCUT2D eigenvalue weighted by atomic mass is 32.1. The molecule has 5 nitrogen and oxygen atoms in total. The summed E-state index contributed by atoms with van der Waals surface area (Å²) in [5.41, 5.74) is 4.24. The van der Waals surface area contributed by atoms with E-state index in [-0.39, 0.29) is 11.7 Å². The highest BCUT2D eigenvalue weighted by Crippen LogP contribution is 2.38. The van der Waals surface area contributed by atoms with E-state index in [1.165, 1.54) is 10.5 Å². The molecule has 0 spiro atoms. The number of aromatic hydroxyl groups is 1. The third-order valence-corrected chi connectivity index (χ3v) is 6.68. The van der Waals surface area contributed by atoms with Gasteiger partial charge in [-0.3, -0.25) is 9.69 Å². The number of benzene rings is 1. The Kier molecular flexibility index (Phi) is 5.47. The van der Waals surface area contributed by atoms with Gasteiger partial charge in [-0.2, -0.15) is 5.26 Å². The van der Waals surface area contributed by atoms with Crippen molar-refractivity contribution in [3.05, 3.63) is 51.9 Å². The van der Waals surface area contributed by atoms with E-state index in [0.29, 0.717) is 18.5 Å². The zero-order valence-electron chi connectivity index (χ0n) is 15.7. The molecule has 0 radical (unpaired) electrons. The number of amides is 1. The number of nitrogens with one attached hydrogen (secondary N) is 1. The number of fused-ring (bicyclic) bond motifs is 1. The molecule has 28 heavy (non-hydrogen) atoms. The highest BCUT2D eigenvalue weighted by Gasteiger charge is 2.23. The molecule has 1 aliphatic carbocycles. The Balaban J connectivity index is 1.29. The standard InChI is InChI=1S/C22H23N3O2S/c23-14-19-18-2-1-3-20(18)28-22(19)24-21(27)10-13-25-11-8-16(9-12-25)15-4-6-17(26)7-5-15/h4-8,26H,1-3,9-13H2,(H,24,27). The van der Waals surface area contributed by atoms with Crippen molar-refractivity contribution in [3.63, 3.8) is 0 Å². The number of carbonyl (C=O) groups excluding carboxylic acids is 1. The monoisotopic (exact) mass is 393 g/mol. The van der Waals surface area contributed by atoms with E-state index >= 15 is 0 Å². The van der Waals surface area contributed by atoms with Gasteiger partial charge in [-0.1, -0.05) is 18.2 Å². The van der Waals surface area contributed by atoms with E-state index < -0.39 is 0 Å². The van der Waals surface area contributed by atoms with E-state index in [2.05, 4.69) is 22.4 Å². The zero-order valence-corrected chi connectivity index (χ0v) is 16.5. The second kappa shape index (κ2) is 8.17. The van der Waals surface area contributed by atoms with E-state index in [1.54, 1.807) is 23.5 Å². The van der Waals surface area contributed by atoms with Crippen molar-refractivity contribution in [2.45, 2.75) is 32.1 Å². The van der Waals surface area contributed by atoms with Gasteiger partial charge in [-0.05, 0) is 54.5 Å². The van der Waals surface area contributed by atoms with Gasteiger partial charge in [0.15, 0.2) is 0 Å². The topological polar surface area (TPSA) is 76.4 Å². The van der Waals surface area contributed by atoms with Crippen LogP contribution < -0.4 is 5.32 Å². The molecule has 1 aliphatic heterocycles. The minimum absolute atomic E-state index is 0.0234. The maximum Gasteiger partial charge on any atom is 0.226 e. The number of thiophene rings is 1. The summed E-state index contributed by atoms with van der Waals surface area (Å²) >= 11 is 1.57. The normalized spacial score (nSPS) is 16.3. The molecule has 1 aromatic heterocycles. The minimum Gasteiger partial charge on any atom is -0.508 e. The molecule has 0 saturated heterocycles. The van der Waals surface area contributed by atoms with Crippen molar-refractivity contribution in [3.8, 4) is 11.8 Å². The molecular formula is C22H23N3O2S. The molecule has 1 amide bonds. The van der Waals surface area contributed by atoms with Crippen LogP contribution in [0.3, 0.4) is 0 Å². The van der Waals surface area contributed by atoms with Crippen LogP contribution in [0.5, 0.6) is 5.75 Å². The molecule has 2 aromatic rings. The number of hydrogen-bond donors (Lipinski definition) is 2. The average Bonchev–Trinajstić information content (AvgIpc) is 3.28. The fourth-order valence-electron chi connectivity index (χ4n) is 3.91. The fraction of sp³-hybridized carbons (Fsp3) is 0.364. The zero-order chi connectivity index (χ0) is 19.5. The number of hydrogen-bond acceptors (Lipinski definition) is 5. The number of nitrogens with zero attached hydrogens (tertiary/aromatic N) is 2. The van der Waals surface area contributed by atoms with E-state index in [4.69, 9.17) is 0 Å². The van der Waals surface area contributed by atoms with Gasteiger partial charge in [0.25, 0.3) is 0 Å². The number of nitriles is 1. The van der Waals surface area contributed by atoms with Crippen LogP contribution in [0.15, 0.2) is 30.3 Å². The van der Waals surface area contributed by atoms with Gasteiger partial charge in [0.2, 0.25) is 5.91 Å². The quantitative estimate of drug-likeness (QED) is 0.807. The molecule has 144 valence electrons. The summed E-state index contributed by atoms with van der Waals surface area (Å²) in [6, 6.07) is 9.57. The Morgan fingerprint density at radius 2 is 2.07 bits per heavy atom. The Labute approximate surface area is 168 Å². The summed E-state index contributed by atoms with van der Waals surface area (Å²) in [4.78, 5) is 15.9. The molecule has 2 heterocycles. The van der Waals surface area contributed by atoms with Crippen molar-refractivity contribution in [2.24, 2.45) is 0 Å². The first-order valence-corrected chi connectivity index (χ1v) is 10.5. The molecule has 2 aliphatic rings. The lowest BCUT2D eigenvalue weighted by atomic mass is 9.99. The maximum atomic E-state index is 12.4. The van der Waals surface area contributed by atoms with Crippen LogP contribution in [-0.4, -0.2) is 35.5 Å². The van der Waals surface area contributed by atoms with Crippen molar-refractivity contribution < 1.29 is 9.90 Å². The van der Waals surface area contributed by atoms with Gasteiger partial charge in [-0.15, -0.1) is 11.3 Å². The first kappa shape index (κ1) is 18.7. The van der Waals surface area contributed by atoms with Crippen molar-refractivity contribution in [1.82, 2.24) is 4.90 Å². The van der Waals surface area contributed by atoms with Gasteiger partial charge in [0.1, 0.15) is 16.8 Å². The average molecular weight is 394 g/mol. The third-order valence-electron chi connectivity index (χ3n) is 5.47. The van der Waals surface area contributed by atoms with E-state index in [1.807, 2.05) is 12.1 Å². The SMILES string of the molecule is N#Cc1c(NC(=O)CCN2CC=C(c3ccc(O)cc3)CC2)sc2c1CCC2. The summed E-state index contributed by atoms with van der Waals surface area (Å²) in [5.74, 6) is 0.257. The largest absolute Gasteiger partial charge is 0.508 e. The first-order chi connectivity index (χ1) is 13.6. The van der Waals surface area contributed by atoms with E-state index in [0.717, 1.165) is 54.9 Å².